The topological polar surface area (TPSA) is 44.0 Å². The fraction of sp³-hybridized carbons (Fsp3) is 0.815. The van der Waals surface area contributed by atoms with Crippen molar-refractivity contribution in [2.75, 3.05) is 0 Å². The average molecular weight is 396 g/mol. The fourth-order valence-corrected chi connectivity index (χ4v) is 8.28. The number of nitriles is 1. The molecule has 2 unspecified atom stereocenters. The van der Waals surface area contributed by atoms with Crippen molar-refractivity contribution in [1.82, 2.24) is 0 Å². The Morgan fingerprint density at radius 2 is 1.90 bits per heavy atom. The number of allylic oxidation sites excluding steroid dienone is 4. The molecule has 0 spiro atoms. The molecule has 1 fully saturated rings. The zero-order valence-electron chi connectivity index (χ0n) is 19.4. The molecule has 0 radical (unpaired) electrons. The monoisotopic (exact) mass is 395 g/mol. The summed E-state index contributed by atoms with van der Waals surface area (Å²) in [5.41, 5.74) is 5.80. The minimum atomic E-state index is -0.152. The van der Waals surface area contributed by atoms with Crippen LogP contribution in [-0.4, -0.2) is 11.2 Å². The number of aliphatic hydroxyl groups excluding tert-OH is 1. The number of unbranched alkanes of at least 4 members (excludes halogenated alkanes) is 1. The van der Waals surface area contributed by atoms with Crippen molar-refractivity contribution in [3.05, 3.63) is 22.8 Å². The Morgan fingerprint density at radius 3 is 2.62 bits per heavy atom. The lowest BCUT2D eigenvalue weighted by atomic mass is 9.46. The molecule has 29 heavy (non-hydrogen) atoms. The van der Waals surface area contributed by atoms with Crippen LogP contribution in [0, 0.1) is 45.3 Å². The summed E-state index contributed by atoms with van der Waals surface area (Å²) in [4.78, 5) is 0. The first-order valence-corrected chi connectivity index (χ1v) is 12.1. The van der Waals surface area contributed by atoms with E-state index in [0.717, 1.165) is 25.2 Å². The summed E-state index contributed by atoms with van der Waals surface area (Å²) in [6.07, 6.45) is 13.7. The van der Waals surface area contributed by atoms with E-state index in [4.69, 9.17) is 5.26 Å². The number of nitrogens with zero attached hydrogens (tertiary/aromatic N) is 1. The first kappa shape index (κ1) is 21.2. The summed E-state index contributed by atoms with van der Waals surface area (Å²) in [5.74, 6) is 2.03. The van der Waals surface area contributed by atoms with Crippen LogP contribution in [-0.2, 0) is 0 Å². The van der Waals surface area contributed by atoms with Crippen molar-refractivity contribution in [2.45, 2.75) is 105 Å². The quantitative estimate of drug-likeness (QED) is 0.523. The van der Waals surface area contributed by atoms with E-state index in [2.05, 4.69) is 46.8 Å². The fourth-order valence-electron chi connectivity index (χ4n) is 8.28. The number of aliphatic hydroxyl groups is 1. The maximum Gasteiger partial charge on any atom is 0.0621 e. The number of hydrogen-bond donors (Lipinski definition) is 1. The van der Waals surface area contributed by atoms with E-state index in [-0.39, 0.29) is 16.9 Å². The Kier molecular flexibility index (Phi) is 5.30. The molecule has 0 aliphatic heterocycles. The van der Waals surface area contributed by atoms with Crippen LogP contribution < -0.4 is 0 Å². The Bertz CT molecular complexity index is 768. The minimum absolute atomic E-state index is 0.0220. The number of rotatable bonds is 4. The lowest BCUT2D eigenvalue weighted by Crippen LogP contribution is -2.53. The van der Waals surface area contributed by atoms with Gasteiger partial charge in [0.2, 0.25) is 0 Å². The van der Waals surface area contributed by atoms with E-state index >= 15 is 0 Å². The molecule has 0 saturated heterocycles. The molecule has 0 aromatic carbocycles. The predicted octanol–water partition coefficient (Wildman–Crippen LogP) is 6.96. The van der Waals surface area contributed by atoms with Crippen LogP contribution in [0.5, 0.6) is 0 Å². The summed E-state index contributed by atoms with van der Waals surface area (Å²) < 4.78 is 0. The van der Waals surface area contributed by atoms with Gasteiger partial charge in [0, 0.05) is 6.42 Å². The second kappa shape index (κ2) is 7.26. The van der Waals surface area contributed by atoms with Gasteiger partial charge in [-0.1, -0.05) is 46.3 Å². The molecular weight excluding hydrogens is 354 g/mol. The van der Waals surface area contributed by atoms with Crippen LogP contribution in [0.15, 0.2) is 22.8 Å². The molecular formula is C27H41NO. The minimum Gasteiger partial charge on any atom is -0.393 e. The maximum absolute atomic E-state index is 10.7. The van der Waals surface area contributed by atoms with Gasteiger partial charge in [0.15, 0.2) is 0 Å². The summed E-state index contributed by atoms with van der Waals surface area (Å²) in [6, 6.07) is 2.32. The zero-order valence-corrected chi connectivity index (χ0v) is 19.4. The van der Waals surface area contributed by atoms with Crippen molar-refractivity contribution in [2.24, 2.45) is 34.0 Å². The van der Waals surface area contributed by atoms with Crippen LogP contribution in [0.25, 0.3) is 0 Å². The molecule has 0 aromatic rings. The SMILES string of the molecule is C[C@H](CCCC#N)C1CC=C2C3=C(CC[C@@]21C)[C@@]1(C)CC[C@H](O)C(C)(C)C1CC3. The van der Waals surface area contributed by atoms with Gasteiger partial charge in [-0.2, -0.15) is 5.26 Å². The third-order valence-corrected chi connectivity index (χ3v) is 10.1. The van der Waals surface area contributed by atoms with Gasteiger partial charge in [-0.25, -0.2) is 0 Å². The lowest BCUT2D eigenvalue weighted by Gasteiger charge is -2.59. The van der Waals surface area contributed by atoms with Crippen molar-refractivity contribution in [1.29, 1.82) is 5.26 Å². The summed E-state index contributed by atoms with van der Waals surface area (Å²) >= 11 is 0. The first-order valence-electron chi connectivity index (χ1n) is 12.1. The average Bonchev–Trinajstić information content (AvgIpc) is 3.02. The highest BCUT2D eigenvalue weighted by Gasteiger charge is 2.57. The largest absolute Gasteiger partial charge is 0.393 e. The van der Waals surface area contributed by atoms with Crippen LogP contribution in [0.3, 0.4) is 0 Å². The van der Waals surface area contributed by atoms with Crippen LogP contribution in [0.1, 0.15) is 98.8 Å². The molecule has 4 aliphatic rings. The summed E-state index contributed by atoms with van der Waals surface area (Å²) in [7, 11) is 0. The molecule has 2 nitrogen and oxygen atoms in total. The molecule has 4 aliphatic carbocycles. The van der Waals surface area contributed by atoms with E-state index in [9.17, 15) is 5.11 Å². The molecule has 1 saturated carbocycles. The summed E-state index contributed by atoms with van der Waals surface area (Å²) in [6.45, 7) is 12.1. The standard InChI is InChI=1S/C27H41NO/c1-18(8-6-7-17-28)20-10-11-21-19-9-12-23-25(2,3)24(29)14-16-27(23,5)22(19)13-15-26(20,21)4/h11,18,20,23-24,29H,6-10,12-16H2,1-5H3/t18-,20?,23?,24+,26-,27-/m1/s1. The van der Waals surface area contributed by atoms with Gasteiger partial charge in [0.25, 0.3) is 0 Å². The van der Waals surface area contributed by atoms with Crippen molar-refractivity contribution >= 4 is 0 Å². The van der Waals surface area contributed by atoms with Crippen molar-refractivity contribution in [3.8, 4) is 6.07 Å². The normalized spacial score (nSPS) is 41.7. The van der Waals surface area contributed by atoms with Crippen LogP contribution in [0.4, 0.5) is 0 Å². The smallest absolute Gasteiger partial charge is 0.0621 e. The lowest BCUT2D eigenvalue weighted by molar-refractivity contribution is -0.0905. The van der Waals surface area contributed by atoms with Crippen molar-refractivity contribution < 1.29 is 5.11 Å². The van der Waals surface area contributed by atoms with E-state index in [1.807, 2.05) is 0 Å². The Hall–Kier alpha value is -1.07. The van der Waals surface area contributed by atoms with Crippen molar-refractivity contribution in [3.63, 3.8) is 0 Å². The molecule has 0 amide bonds. The van der Waals surface area contributed by atoms with Gasteiger partial charge in [0.1, 0.15) is 0 Å². The van der Waals surface area contributed by atoms with E-state index in [0.29, 0.717) is 23.7 Å². The predicted molar refractivity (Wildman–Crippen MR) is 119 cm³/mol. The summed E-state index contributed by atoms with van der Waals surface area (Å²) in [5, 5.41) is 19.6. The number of hydrogen-bond acceptors (Lipinski definition) is 2. The highest BCUT2D eigenvalue weighted by atomic mass is 16.3. The molecule has 160 valence electrons. The third kappa shape index (κ3) is 3.06. The third-order valence-electron chi connectivity index (χ3n) is 10.1. The molecule has 0 bridgehead atoms. The first-order chi connectivity index (χ1) is 13.7. The molecule has 6 atom stereocenters. The van der Waals surface area contributed by atoms with Gasteiger partial charge >= 0.3 is 0 Å². The van der Waals surface area contributed by atoms with Gasteiger partial charge in [-0.05, 0) is 103 Å². The zero-order chi connectivity index (χ0) is 21.0. The highest BCUT2D eigenvalue weighted by molar-refractivity contribution is 5.49. The molecule has 1 N–H and O–H groups in total. The van der Waals surface area contributed by atoms with Crippen LogP contribution in [0.2, 0.25) is 0 Å². The van der Waals surface area contributed by atoms with E-state index < -0.39 is 0 Å². The number of fused-ring (bicyclic) bond motifs is 4. The van der Waals surface area contributed by atoms with Crippen LogP contribution >= 0.6 is 0 Å². The second-order valence-electron chi connectivity index (χ2n) is 11.7. The molecule has 2 heteroatoms. The molecule has 4 rings (SSSR count). The highest BCUT2D eigenvalue weighted by Crippen LogP contribution is 2.66. The van der Waals surface area contributed by atoms with E-state index in [1.165, 1.54) is 38.5 Å². The van der Waals surface area contributed by atoms with Gasteiger partial charge in [-0.15, -0.1) is 0 Å². The van der Waals surface area contributed by atoms with Gasteiger partial charge in [0.05, 0.1) is 12.2 Å². The van der Waals surface area contributed by atoms with E-state index in [1.54, 1.807) is 16.7 Å². The Labute approximate surface area is 178 Å². The van der Waals surface area contributed by atoms with Gasteiger partial charge in [-0.3, -0.25) is 0 Å². The maximum atomic E-state index is 10.7. The second-order valence-corrected chi connectivity index (χ2v) is 11.7. The molecule has 0 heterocycles. The Balaban J connectivity index is 1.62. The van der Waals surface area contributed by atoms with Gasteiger partial charge < -0.3 is 5.11 Å². The molecule has 0 aromatic heterocycles. The Morgan fingerprint density at radius 1 is 1.14 bits per heavy atom.